The van der Waals surface area contributed by atoms with Gasteiger partial charge in [0.1, 0.15) is 0 Å². The predicted molar refractivity (Wildman–Crippen MR) is 110 cm³/mol. The summed E-state index contributed by atoms with van der Waals surface area (Å²) >= 11 is 0. The second-order valence-corrected chi connectivity index (χ2v) is 7.15. The van der Waals surface area contributed by atoms with Crippen LogP contribution in [-0.2, 0) is 11.0 Å². The SMILES string of the molecule is CC(=O)Nc1nc2c(-c3cccc(C(F)(F)F)c3)c(C)c(C(=O)/C=C/N(C)C)cn2n1. The van der Waals surface area contributed by atoms with Crippen LogP contribution in [0, 0.1) is 6.92 Å². The lowest BCUT2D eigenvalue weighted by Gasteiger charge is -2.14. The summed E-state index contributed by atoms with van der Waals surface area (Å²) in [6.07, 6.45) is -0.157. The third-order valence-corrected chi connectivity index (χ3v) is 4.44. The Morgan fingerprint density at radius 1 is 1.23 bits per heavy atom. The first kappa shape index (κ1) is 22.0. The van der Waals surface area contributed by atoms with Gasteiger partial charge in [-0.2, -0.15) is 18.2 Å². The quantitative estimate of drug-likeness (QED) is 0.489. The summed E-state index contributed by atoms with van der Waals surface area (Å²) in [5.41, 5.74) is 0.631. The van der Waals surface area contributed by atoms with E-state index >= 15 is 0 Å². The highest BCUT2D eigenvalue weighted by Crippen LogP contribution is 2.35. The second kappa shape index (κ2) is 8.21. The number of carbonyl (C=O) groups excluding carboxylic acids is 2. The molecule has 3 aromatic rings. The highest BCUT2D eigenvalue weighted by atomic mass is 19.4. The van der Waals surface area contributed by atoms with Crippen LogP contribution in [-0.4, -0.2) is 45.3 Å². The van der Waals surface area contributed by atoms with Crippen molar-refractivity contribution in [3.63, 3.8) is 0 Å². The van der Waals surface area contributed by atoms with E-state index in [1.165, 1.54) is 35.8 Å². The molecule has 0 aliphatic carbocycles. The Bertz CT molecular complexity index is 1200. The van der Waals surface area contributed by atoms with Gasteiger partial charge in [-0.15, -0.1) is 5.10 Å². The fraction of sp³-hybridized carbons (Fsp3) is 0.238. The van der Waals surface area contributed by atoms with Crippen LogP contribution in [0.1, 0.15) is 28.4 Å². The minimum atomic E-state index is -4.53. The van der Waals surface area contributed by atoms with Crippen molar-refractivity contribution in [1.29, 1.82) is 0 Å². The maximum Gasteiger partial charge on any atom is 0.416 e. The molecule has 31 heavy (non-hydrogen) atoms. The van der Waals surface area contributed by atoms with E-state index in [0.29, 0.717) is 11.1 Å². The number of hydrogen-bond acceptors (Lipinski definition) is 5. The van der Waals surface area contributed by atoms with E-state index in [9.17, 15) is 22.8 Å². The summed E-state index contributed by atoms with van der Waals surface area (Å²) in [6.45, 7) is 2.92. The largest absolute Gasteiger partial charge is 0.416 e. The Balaban J connectivity index is 2.29. The molecule has 0 spiro atoms. The molecule has 3 rings (SSSR count). The maximum atomic E-state index is 13.3. The molecule has 2 heterocycles. The molecule has 1 amide bonds. The van der Waals surface area contributed by atoms with E-state index in [1.807, 2.05) is 0 Å². The molecule has 0 unspecified atom stereocenters. The Morgan fingerprint density at radius 2 is 1.94 bits per heavy atom. The van der Waals surface area contributed by atoms with Crippen molar-refractivity contribution < 1.29 is 22.8 Å². The maximum absolute atomic E-state index is 13.3. The van der Waals surface area contributed by atoms with Gasteiger partial charge in [0.2, 0.25) is 11.9 Å². The van der Waals surface area contributed by atoms with Crippen molar-refractivity contribution in [2.45, 2.75) is 20.0 Å². The number of allylic oxidation sites excluding steroid dienone is 1. The fourth-order valence-corrected chi connectivity index (χ4v) is 3.07. The molecular weight excluding hydrogens is 411 g/mol. The molecule has 0 aliphatic rings. The van der Waals surface area contributed by atoms with Gasteiger partial charge < -0.3 is 4.90 Å². The number of ketones is 1. The van der Waals surface area contributed by atoms with Crippen LogP contribution >= 0.6 is 0 Å². The van der Waals surface area contributed by atoms with Crippen LogP contribution < -0.4 is 5.32 Å². The summed E-state index contributed by atoms with van der Waals surface area (Å²) in [5.74, 6) is -0.773. The van der Waals surface area contributed by atoms with Gasteiger partial charge in [0.25, 0.3) is 0 Å². The van der Waals surface area contributed by atoms with Gasteiger partial charge in [-0.1, -0.05) is 12.1 Å². The average molecular weight is 431 g/mol. The Hall–Kier alpha value is -3.69. The first-order chi connectivity index (χ1) is 14.5. The molecule has 2 aromatic heterocycles. The topological polar surface area (TPSA) is 79.6 Å². The van der Waals surface area contributed by atoms with Gasteiger partial charge in [0.05, 0.1) is 5.56 Å². The van der Waals surface area contributed by atoms with Crippen molar-refractivity contribution >= 4 is 23.3 Å². The van der Waals surface area contributed by atoms with E-state index in [-0.39, 0.29) is 28.5 Å². The summed E-state index contributed by atoms with van der Waals surface area (Å²) in [7, 11) is 3.51. The number of hydrogen-bond donors (Lipinski definition) is 1. The van der Waals surface area contributed by atoms with Crippen molar-refractivity contribution in [2.75, 3.05) is 19.4 Å². The molecule has 0 bridgehead atoms. The molecule has 7 nitrogen and oxygen atoms in total. The van der Waals surface area contributed by atoms with Gasteiger partial charge in [-0.05, 0) is 30.2 Å². The van der Waals surface area contributed by atoms with Crippen molar-refractivity contribution in [2.24, 2.45) is 0 Å². The molecule has 162 valence electrons. The molecule has 0 atom stereocenters. The second-order valence-electron chi connectivity index (χ2n) is 7.15. The normalized spacial score (nSPS) is 11.8. The first-order valence-electron chi connectivity index (χ1n) is 9.21. The van der Waals surface area contributed by atoms with Crippen molar-refractivity contribution in [1.82, 2.24) is 19.5 Å². The highest BCUT2D eigenvalue weighted by Gasteiger charge is 2.31. The van der Waals surface area contributed by atoms with E-state index in [1.54, 1.807) is 32.1 Å². The van der Waals surface area contributed by atoms with E-state index in [0.717, 1.165) is 12.1 Å². The number of aromatic nitrogens is 3. The summed E-state index contributed by atoms with van der Waals surface area (Å²) in [5, 5.41) is 6.60. The third kappa shape index (κ3) is 4.73. The number of alkyl halides is 3. The minimum Gasteiger partial charge on any atom is -0.383 e. The standard InChI is InChI=1S/C21H20F3N5O2/c1-12-16(17(31)8-9-28(3)4)11-29-19(26-20(27-29)25-13(2)30)18(12)14-6-5-7-15(10-14)21(22,23)24/h5-11H,1-4H3,(H,25,27,30)/b9-8+. The number of rotatable bonds is 5. The molecule has 0 aliphatic heterocycles. The number of nitrogens with one attached hydrogen (secondary N) is 1. The van der Waals surface area contributed by atoms with Gasteiger partial charge >= 0.3 is 6.18 Å². The molecule has 0 fully saturated rings. The van der Waals surface area contributed by atoms with Crippen LogP contribution in [0.2, 0.25) is 0 Å². The molecule has 1 aromatic carbocycles. The Labute approximate surface area is 176 Å². The van der Waals surface area contributed by atoms with Gasteiger partial charge in [0.15, 0.2) is 11.4 Å². The van der Waals surface area contributed by atoms with Gasteiger partial charge in [-0.3, -0.25) is 14.9 Å². The molecule has 0 saturated heterocycles. The molecular formula is C21H20F3N5O2. The monoisotopic (exact) mass is 431 g/mol. The number of anilines is 1. The lowest BCUT2D eigenvalue weighted by atomic mass is 9.95. The molecule has 1 N–H and O–H groups in total. The van der Waals surface area contributed by atoms with Crippen LogP contribution in [0.4, 0.5) is 19.1 Å². The van der Waals surface area contributed by atoms with Crippen LogP contribution in [0.15, 0.2) is 42.7 Å². The number of amides is 1. The van der Waals surface area contributed by atoms with Crippen LogP contribution in [0.3, 0.4) is 0 Å². The summed E-state index contributed by atoms with van der Waals surface area (Å²) < 4.78 is 41.1. The molecule has 0 saturated carbocycles. The van der Waals surface area contributed by atoms with Crippen LogP contribution in [0.5, 0.6) is 0 Å². The zero-order chi connectivity index (χ0) is 22.9. The first-order valence-corrected chi connectivity index (χ1v) is 9.21. The van der Waals surface area contributed by atoms with E-state index in [2.05, 4.69) is 15.4 Å². The molecule has 0 radical (unpaired) electrons. The third-order valence-electron chi connectivity index (χ3n) is 4.44. The fourth-order valence-electron chi connectivity index (χ4n) is 3.07. The Kier molecular flexibility index (Phi) is 5.83. The smallest absolute Gasteiger partial charge is 0.383 e. The zero-order valence-electron chi connectivity index (χ0n) is 17.3. The van der Waals surface area contributed by atoms with Crippen molar-refractivity contribution in [3.8, 4) is 11.1 Å². The van der Waals surface area contributed by atoms with Crippen LogP contribution in [0.25, 0.3) is 16.8 Å². The number of nitrogens with zero attached hydrogens (tertiary/aromatic N) is 4. The lowest BCUT2D eigenvalue weighted by Crippen LogP contribution is -2.08. The summed E-state index contributed by atoms with van der Waals surface area (Å²) in [4.78, 5) is 30.1. The van der Waals surface area contributed by atoms with Crippen molar-refractivity contribution in [3.05, 3.63) is 59.4 Å². The number of pyridine rings is 1. The van der Waals surface area contributed by atoms with E-state index < -0.39 is 17.6 Å². The predicted octanol–water partition coefficient (Wildman–Crippen LogP) is 3.94. The Morgan fingerprint density at radius 3 is 2.55 bits per heavy atom. The van der Waals surface area contributed by atoms with Gasteiger partial charge in [0, 0.05) is 50.6 Å². The molecule has 10 heteroatoms. The minimum absolute atomic E-state index is 0.0199. The van der Waals surface area contributed by atoms with Gasteiger partial charge in [-0.25, -0.2) is 4.52 Å². The number of halogens is 3. The number of benzene rings is 1. The van der Waals surface area contributed by atoms with E-state index in [4.69, 9.17) is 0 Å². The number of carbonyl (C=O) groups is 2. The highest BCUT2D eigenvalue weighted by molar-refractivity contribution is 6.07. The average Bonchev–Trinajstić information content (AvgIpc) is 3.06. The lowest BCUT2D eigenvalue weighted by molar-refractivity contribution is -0.137. The zero-order valence-corrected chi connectivity index (χ0v) is 17.3. The number of fused-ring (bicyclic) bond motifs is 1. The summed E-state index contributed by atoms with van der Waals surface area (Å²) in [6, 6.07) is 4.77.